The zero-order valence-electron chi connectivity index (χ0n) is 16.4. The molecular formula is C20H26IN5O3. The Balaban J connectivity index is 0.00000240. The smallest absolute Gasteiger partial charge is 0.231 e. The summed E-state index contributed by atoms with van der Waals surface area (Å²) in [5.74, 6) is 3.31. The first-order chi connectivity index (χ1) is 13.8. The van der Waals surface area contributed by atoms with Crippen LogP contribution in [0.2, 0.25) is 0 Å². The fraction of sp³-hybridized carbons (Fsp3) is 0.400. The molecule has 0 unspecified atom stereocenters. The highest BCUT2D eigenvalue weighted by Crippen LogP contribution is 2.32. The number of pyridine rings is 1. The van der Waals surface area contributed by atoms with E-state index in [0.717, 1.165) is 60.7 Å². The van der Waals surface area contributed by atoms with Crippen molar-refractivity contribution >= 4 is 35.8 Å². The predicted octanol–water partition coefficient (Wildman–Crippen LogP) is 2.13. The fourth-order valence-electron chi connectivity index (χ4n) is 3.26. The Kier molecular flexibility index (Phi) is 7.76. The van der Waals surface area contributed by atoms with Crippen molar-refractivity contribution in [1.82, 2.24) is 15.6 Å². The van der Waals surface area contributed by atoms with Gasteiger partial charge >= 0.3 is 0 Å². The minimum atomic E-state index is 0. The number of nitrogens with one attached hydrogen (secondary N) is 2. The Hall–Kier alpha value is -2.27. The average Bonchev–Trinajstić information content (AvgIpc) is 3.23. The molecule has 29 heavy (non-hydrogen) atoms. The number of morpholine rings is 1. The first-order valence-corrected chi connectivity index (χ1v) is 9.43. The van der Waals surface area contributed by atoms with Gasteiger partial charge < -0.3 is 29.7 Å². The maximum absolute atomic E-state index is 5.45. The number of aromatic nitrogens is 1. The molecule has 2 aliphatic heterocycles. The molecule has 8 nitrogen and oxygen atoms in total. The molecule has 1 aromatic carbocycles. The number of anilines is 1. The van der Waals surface area contributed by atoms with Crippen LogP contribution < -0.4 is 25.0 Å². The van der Waals surface area contributed by atoms with E-state index in [2.05, 4.69) is 31.6 Å². The van der Waals surface area contributed by atoms with E-state index < -0.39 is 0 Å². The number of nitrogens with zero attached hydrogens (tertiary/aromatic N) is 3. The summed E-state index contributed by atoms with van der Waals surface area (Å²) >= 11 is 0. The Morgan fingerprint density at radius 1 is 1.10 bits per heavy atom. The molecule has 0 amide bonds. The van der Waals surface area contributed by atoms with Gasteiger partial charge in [-0.05, 0) is 23.8 Å². The van der Waals surface area contributed by atoms with Crippen molar-refractivity contribution in [3.63, 3.8) is 0 Å². The fourth-order valence-corrected chi connectivity index (χ4v) is 3.26. The number of fused-ring (bicyclic) bond motifs is 1. The van der Waals surface area contributed by atoms with Gasteiger partial charge in [0.15, 0.2) is 17.5 Å². The number of rotatable bonds is 5. The number of hydrogen-bond donors (Lipinski definition) is 2. The third-order valence-corrected chi connectivity index (χ3v) is 4.74. The average molecular weight is 511 g/mol. The van der Waals surface area contributed by atoms with Gasteiger partial charge in [-0.15, -0.1) is 24.0 Å². The Labute approximate surface area is 187 Å². The summed E-state index contributed by atoms with van der Waals surface area (Å²) < 4.78 is 16.2. The molecule has 1 aromatic heterocycles. The SMILES string of the molecule is CN=C(NCc1ccc2c(c1)OCO2)NCc1cccnc1N1CCOCC1.I. The molecule has 0 aliphatic carbocycles. The van der Waals surface area contributed by atoms with Crippen molar-refractivity contribution in [2.45, 2.75) is 13.1 Å². The maximum Gasteiger partial charge on any atom is 0.231 e. The lowest BCUT2D eigenvalue weighted by molar-refractivity contribution is 0.122. The zero-order chi connectivity index (χ0) is 19.2. The number of hydrogen-bond acceptors (Lipinski definition) is 6. The van der Waals surface area contributed by atoms with Crippen molar-refractivity contribution in [1.29, 1.82) is 0 Å². The zero-order valence-corrected chi connectivity index (χ0v) is 18.7. The van der Waals surface area contributed by atoms with Crippen LogP contribution in [-0.2, 0) is 17.8 Å². The molecular weight excluding hydrogens is 485 g/mol. The van der Waals surface area contributed by atoms with E-state index in [-0.39, 0.29) is 30.8 Å². The van der Waals surface area contributed by atoms with E-state index in [1.807, 2.05) is 30.5 Å². The highest BCUT2D eigenvalue weighted by Gasteiger charge is 2.16. The summed E-state index contributed by atoms with van der Waals surface area (Å²) in [6.07, 6.45) is 1.83. The monoisotopic (exact) mass is 511 g/mol. The van der Waals surface area contributed by atoms with Crippen LogP contribution >= 0.6 is 24.0 Å². The lowest BCUT2D eigenvalue weighted by Crippen LogP contribution is -2.39. The molecule has 0 atom stereocenters. The van der Waals surface area contributed by atoms with E-state index in [4.69, 9.17) is 14.2 Å². The van der Waals surface area contributed by atoms with Crippen molar-refractivity contribution < 1.29 is 14.2 Å². The van der Waals surface area contributed by atoms with Crippen LogP contribution in [-0.4, -0.2) is 51.1 Å². The lowest BCUT2D eigenvalue weighted by Gasteiger charge is -2.29. The molecule has 1 fully saturated rings. The van der Waals surface area contributed by atoms with Crippen molar-refractivity contribution in [2.24, 2.45) is 4.99 Å². The highest BCUT2D eigenvalue weighted by molar-refractivity contribution is 14.0. The first kappa shape index (κ1) is 21.4. The summed E-state index contributed by atoms with van der Waals surface area (Å²) in [5, 5.41) is 6.71. The van der Waals surface area contributed by atoms with Gasteiger partial charge in [-0.3, -0.25) is 4.99 Å². The standard InChI is InChI=1S/C20H25N5O3.HI/c1-21-20(23-12-15-4-5-17-18(11-15)28-14-27-17)24-13-16-3-2-6-22-19(16)25-7-9-26-10-8-25;/h2-6,11H,7-10,12-14H2,1H3,(H2,21,23,24);1H. The third-order valence-electron chi connectivity index (χ3n) is 4.74. The summed E-state index contributed by atoms with van der Waals surface area (Å²) in [6.45, 7) is 4.76. The third kappa shape index (κ3) is 5.41. The first-order valence-electron chi connectivity index (χ1n) is 9.43. The minimum absolute atomic E-state index is 0. The molecule has 0 radical (unpaired) electrons. The summed E-state index contributed by atoms with van der Waals surface area (Å²) in [5.41, 5.74) is 2.23. The normalized spacial score (nSPS) is 15.6. The number of benzene rings is 1. The Morgan fingerprint density at radius 3 is 2.72 bits per heavy atom. The van der Waals surface area contributed by atoms with Crippen molar-refractivity contribution in [3.05, 3.63) is 47.7 Å². The van der Waals surface area contributed by atoms with Crippen LogP contribution in [0.15, 0.2) is 41.5 Å². The second-order valence-corrected chi connectivity index (χ2v) is 6.55. The lowest BCUT2D eigenvalue weighted by atomic mass is 10.2. The van der Waals surface area contributed by atoms with Crippen molar-refractivity contribution in [2.75, 3.05) is 45.0 Å². The van der Waals surface area contributed by atoms with Gasteiger partial charge in [0.1, 0.15) is 5.82 Å². The minimum Gasteiger partial charge on any atom is -0.454 e. The van der Waals surface area contributed by atoms with Crippen LogP contribution in [0.1, 0.15) is 11.1 Å². The Morgan fingerprint density at radius 2 is 1.90 bits per heavy atom. The molecule has 2 N–H and O–H groups in total. The summed E-state index contributed by atoms with van der Waals surface area (Å²) in [4.78, 5) is 11.2. The van der Waals surface area contributed by atoms with Crippen LogP contribution in [0.25, 0.3) is 0 Å². The second-order valence-electron chi connectivity index (χ2n) is 6.55. The molecule has 1 saturated heterocycles. The van der Waals surface area contributed by atoms with Gasteiger partial charge in [0.25, 0.3) is 0 Å². The van der Waals surface area contributed by atoms with E-state index in [0.29, 0.717) is 13.1 Å². The summed E-state index contributed by atoms with van der Waals surface area (Å²) in [7, 11) is 1.76. The molecule has 0 spiro atoms. The molecule has 2 aliphatic rings. The van der Waals surface area contributed by atoms with Gasteiger partial charge in [0, 0.05) is 45.0 Å². The molecule has 0 bridgehead atoms. The van der Waals surface area contributed by atoms with Gasteiger partial charge in [-0.2, -0.15) is 0 Å². The quantitative estimate of drug-likeness (QED) is 0.362. The molecule has 3 heterocycles. The number of halogens is 1. The Bertz CT molecular complexity index is 843. The van der Waals surface area contributed by atoms with Gasteiger partial charge in [0.2, 0.25) is 6.79 Å². The maximum atomic E-state index is 5.45. The van der Waals surface area contributed by atoms with Gasteiger partial charge in [-0.1, -0.05) is 12.1 Å². The van der Waals surface area contributed by atoms with Crippen LogP contribution in [0.4, 0.5) is 5.82 Å². The van der Waals surface area contributed by atoms with E-state index >= 15 is 0 Å². The van der Waals surface area contributed by atoms with Crippen LogP contribution in [0.3, 0.4) is 0 Å². The van der Waals surface area contributed by atoms with E-state index in [1.165, 1.54) is 0 Å². The predicted molar refractivity (Wildman–Crippen MR) is 122 cm³/mol. The molecule has 156 valence electrons. The topological polar surface area (TPSA) is 80.2 Å². The molecule has 4 rings (SSSR count). The highest BCUT2D eigenvalue weighted by atomic mass is 127. The largest absolute Gasteiger partial charge is 0.454 e. The second kappa shape index (κ2) is 10.5. The number of ether oxygens (including phenoxy) is 3. The molecule has 9 heteroatoms. The van der Waals surface area contributed by atoms with Crippen LogP contribution in [0, 0.1) is 0 Å². The number of guanidine groups is 1. The van der Waals surface area contributed by atoms with Gasteiger partial charge in [-0.25, -0.2) is 4.98 Å². The molecule has 2 aromatic rings. The van der Waals surface area contributed by atoms with E-state index in [1.54, 1.807) is 7.05 Å². The van der Waals surface area contributed by atoms with Gasteiger partial charge in [0.05, 0.1) is 13.2 Å². The van der Waals surface area contributed by atoms with E-state index in [9.17, 15) is 0 Å². The molecule has 0 saturated carbocycles. The van der Waals surface area contributed by atoms with Crippen LogP contribution in [0.5, 0.6) is 11.5 Å². The van der Waals surface area contributed by atoms with Crippen molar-refractivity contribution in [3.8, 4) is 11.5 Å². The summed E-state index contributed by atoms with van der Waals surface area (Å²) in [6, 6.07) is 9.99. The number of aliphatic imine (C=N–C) groups is 1.